The predicted molar refractivity (Wildman–Crippen MR) is 38.9 cm³/mol. The lowest BCUT2D eigenvalue weighted by Crippen LogP contribution is -1.95. The van der Waals surface area contributed by atoms with Crippen LogP contribution in [-0.2, 0) is 0 Å². The van der Waals surface area contributed by atoms with Gasteiger partial charge in [-0.2, -0.15) is 0 Å². The van der Waals surface area contributed by atoms with Gasteiger partial charge in [-0.25, -0.2) is 0 Å². The molecule has 0 saturated carbocycles. The smallest absolute Gasteiger partial charge is 0.112 e. The highest BCUT2D eigenvalue weighted by atomic mass is 16.3. The van der Waals surface area contributed by atoms with E-state index in [4.69, 9.17) is 10.8 Å². The summed E-state index contributed by atoms with van der Waals surface area (Å²) in [4.78, 5) is 0. The molecule has 50 valence electrons. The Balaban J connectivity index is 4.06. The lowest BCUT2D eigenvalue weighted by molar-refractivity contribution is 0.408. The molecular weight excluding hydrogens is 114 g/mol. The van der Waals surface area contributed by atoms with Gasteiger partial charge >= 0.3 is 0 Å². The van der Waals surface area contributed by atoms with Crippen molar-refractivity contribution < 1.29 is 5.11 Å². The molecule has 0 aromatic heterocycles. The largest absolute Gasteiger partial charge is 0.510 e. The number of aliphatic hydroxyl groups is 1. The molecule has 0 aliphatic heterocycles. The molecule has 0 radical (unpaired) electrons. The first-order valence-electron chi connectivity index (χ1n) is 2.63. The van der Waals surface area contributed by atoms with Crippen LogP contribution < -0.4 is 5.73 Å². The Bertz CT molecular complexity index is 152. The third-order valence-electron chi connectivity index (χ3n) is 0.830. The second-order valence-corrected chi connectivity index (χ2v) is 1.64. The number of hydrogen-bond acceptors (Lipinski definition) is 2. The van der Waals surface area contributed by atoms with Crippen LogP contribution in [0.4, 0.5) is 0 Å². The minimum Gasteiger partial charge on any atom is -0.510 e. The molecule has 3 N–H and O–H groups in total. The van der Waals surface area contributed by atoms with E-state index in [-0.39, 0.29) is 5.76 Å². The van der Waals surface area contributed by atoms with Crippen LogP contribution in [0.3, 0.4) is 0 Å². The maximum atomic E-state index is 8.72. The lowest BCUT2D eigenvalue weighted by Gasteiger charge is -1.91. The van der Waals surface area contributed by atoms with Crippen molar-refractivity contribution in [2.45, 2.75) is 6.92 Å². The zero-order valence-corrected chi connectivity index (χ0v) is 5.46. The van der Waals surface area contributed by atoms with E-state index < -0.39 is 0 Å². The molecule has 0 saturated heterocycles. The average molecular weight is 125 g/mol. The number of rotatable bonds is 2. The predicted octanol–water partition coefficient (Wildman–Crippen LogP) is 1.48. The first kappa shape index (κ1) is 7.82. The van der Waals surface area contributed by atoms with Crippen molar-refractivity contribution >= 4 is 0 Å². The highest BCUT2D eigenvalue weighted by molar-refractivity contribution is 5.19. The van der Waals surface area contributed by atoms with E-state index >= 15 is 0 Å². The molecule has 0 aliphatic carbocycles. The van der Waals surface area contributed by atoms with Gasteiger partial charge in [0.1, 0.15) is 5.76 Å². The molecule has 9 heavy (non-hydrogen) atoms. The highest BCUT2D eigenvalue weighted by Gasteiger charge is 1.85. The maximum Gasteiger partial charge on any atom is 0.112 e. The highest BCUT2D eigenvalue weighted by Crippen LogP contribution is 1.93. The molecule has 0 aromatic rings. The van der Waals surface area contributed by atoms with E-state index in [1.807, 2.05) is 0 Å². The summed E-state index contributed by atoms with van der Waals surface area (Å²) in [7, 11) is 0. The van der Waals surface area contributed by atoms with Crippen molar-refractivity contribution in [3.05, 3.63) is 36.3 Å². The number of allylic oxidation sites excluding steroid dienone is 4. The van der Waals surface area contributed by atoms with E-state index in [2.05, 4.69) is 6.58 Å². The zero-order valence-electron chi connectivity index (χ0n) is 5.46. The van der Waals surface area contributed by atoms with Crippen molar-refractivity contribution in [3.8, 4) is 0 Å². The molecule has 0 amide bonds. The Kier molecular flexibility index (Phi) is 3.28. The Morgan fingerprint density at radius 3 is 2.56 bits per heavy atom. The Labute approximate surface area is 55.0 Å². The molecular formula is C7H11NO. The quantitative estimate of drug-likeness (QED) is 0.433. The molecule has 0 bridgehead atoms. The number of aliphatic hydroxyl groups excluding tert-OH is 1. The van der Waals surface area contributed by atoms with Crippen molar-refractivity contribution in [1.82, 2.24) is 0 Å². The second kappa shape index (κ2) is 3.78. The van der Waals surface area contributed by atoms with E-state index in [0.29, 0.717) is 5.70 Å². The summed E-state index contributed by atoms with van der Waals surface area (Å²) in [5.41, 5.74) is 5.67. The van der Waals surface area contributed by atoms with Crippen molar-refractivity contribution in [1.29, 1.82) is 0 Å². The molecule has 2 nitrogen and oxygen atoms in total. The summed E-state index contributed by atoms with van der Waals surface area (Å²) in [6.07, 6.45) is 4.84. The molecule has 0 rings (SSSR count). The van der Waals surface area contributed by atoms with Crippen LogP contribution in [0.25, 0.3) is 0 Å². The molecule has 0 aromatic carbocycles. The molecule has 0 heterocycles. The van der Waals surface area contributed by atoms with E-state index in [9.17, 15) is 0 Å². The Morgan fingerprint density at radius 2 is 2.22 bits per heavy atom. The van der Waals surface area contributed by atoms with Crippen molar-refractivity contribution in [3.63, 3.8) is 0 Å². The van der Waals surface area contributed by atoms with E-state index in [0.717, 1.165) is 0 Å². The van der Waals surface area contributed by atoms with Crippen LogP contribution in [0.1, 0.15) is 6.92 Å². The van der Waals surface area contributed by atoms with Gasteiger partial charge in [0.05, 0.1) is 5.70 Å². The SMILES string of the molecule is C=C/C=C\C(N)=C(/C)O. The van der Waals surface area contributed by atoms with Gasteiger partial charge in [0.2, 0.25) is 0 Å². The summed E-state index contributed by atoms with van der Waals surface area (Å²) < 4.78 is 0. The maximum absolute atomic E-state index is 8.72. The van der Waals surface area contributed by atoms with Crippen LogP contribution in [-0.4, -0.2) is 5.11 Å². The first-order valence-corrected chi connectivity index (χ1v) is 2.63. The fourth-order valence-corrected chi connectivity index (χ4v) is 0.292. The standard InChI is InChI=1S/C7H11NO/c1-3-4-5-7(8)6(2)9/h3-5,9H,1,8H2,2H3/b5-4-,7-6-. The normalized spacial score (nSPS) is 13.4. The van der Waals surface area contributed by atoms with Gasteiger partial charge in [-0.3, -0.25) is 0 Å². The molecule has 0 fully saturated rings. The molecule has 0 atom stereocenters. The summed E-state index contributed by atoms with van der Waals surface area (Å²) in [6, 6.07) is 0. The molecule has 0 unspecified atom stereocenters. The van der Waals surface area contributed by atoms with Gasteiger partial charge in [-0.05, 0) is 13.0 Å². The minimum absolute atomic E-state index is 0.133. The lowest BCUT2D eigenvalue weighted by atomic mass is 10.3. The third-order valence-corrected chi connectivity index (χ3v) is 0.830. The van der Waals surface area contributed by atoms with Crippen LogP contribution in [0.5, 0.6) is 0 Å². The van der Waals surface area contributed by atoms with Crippen LogP contribution in [0, 0.1) is 0 Å². The minimum atomic E-state index is 0.133. The molecule has 0 aliphatic rings. The topological polar surface area (TPSA) is 46.2 Å². The van der Waals surface area contributed by atoms with Gasteiger partial charge in [-0.15, -0.1) is 0 Å². The Hall–Kier alpha value is -1.18. The van der Waals surface area contributed by atoms with Crippen LogP contribution in [0.2, 0.25) is 0 Å². The second-order valence-electron chi connectivity index (χ2n) is 1.64. The van der Waals surface area contributed by atoms with Gasteiger partial charge < -0.3 is 10.8 Å². The molecule has 0 spiro atoms. The molecule has 2 heteroatoms. The number of hydrogen-bond donors (Lipinski definition) is 2. The Morgan fingerprint density at radius 1 is 1.67 bits per heavy atom. The fourth-order valence-electron chi connectivity index (χ4n) is 0.292. The van der Waals surface area contributed by atoms with Gasteiger partial charge in [0.15, 0.2) is 0 Å². The van der Waals surface area contributed by atoms with E-state index in [1.165, 1.54) is 6.92 Å². The summed E-state index contributed by atoms with van der Waals surface area (Å²) in [5, 5.41) is 8.72. The van der Waals surface area contributed by atoms with Gasteiger partial charge in [-0.1, -0.05) is 18.7 Å². The van der Waals surface area contributed by atoms with Gasteiger partial charge in [0, 0.05) is 0 Å². The van der Waals surface area contributed by atoms with E-state index in [1.54, 1.807) is 18.2 Å². The van der Waals surface area contributed by atoms with Gasteiger partial charge in [0.25, 0.3) is 0 Å². The third kappa shape index (κ3) is 3.41. The first-order chi connectivity index (χ1) is 4.18. The monoisotopic (exact) mass is 125 g/mol. The number of nitrogens with two attached hydrogens (primary N) is 1. The van der Waals surface area contributed by atoms with Crippen LogP contribution >= 0.6 is 0 Å². The average Bonchev–Trinajstić information content (AvgIpc) is 1.82. The summed E-state index contributed by atoms with van der Waals surface area (Å²) in [5.74, 6) is 0.133. The zero-order chi connectivity index (χ0) is 7.28. The summed E-state index contributed by atoms with van der Waals surface area (Å²) in [6.45, 7) is 4.98. The fraction of sp³-hybridized carbons (Fsp3) is 0.143. The summed E-state index contributed by atoms with van der Waals surface area (Å²) >= 11 is 0. The van der Waals surface area contributed by atoms with Crippen LogP contribution in [0.15, 0.2) is 36.3 Å². The van der Waals surface area contributed by atoms with Crippen molar-refractivity contribution in [2.24, 2.45) is 5.73 Å². The van der Waals surface area contributed by atoms with Crippen molar-refractivity contribution in [2.75, 3.05) is 0 Å².